The van der Waals surface area contributed by atoms with Crippen molar-refractivity contribution in [1.29, 1.82) is 0 Å². The normalized spacial score (nSPS) is 13.2. The van der Waals surface area contributed by atoms with Crippen molar-refractivity contribution in [3.63, 3.8) is 0 Å². The Morgan fingerprint density at radius 3 is 1.46 bits per heavy atom. The average Bonchev–Trinajstić information content (AvgIpc) is 2.68. The van der Waals surface area contributed by atoms with E-state index in [0.29, 0.717) is 11.1 Å². The lowest BCUT2D eigenvalue weighted by Gasteiger charge is -2.20. The Labute approximate surface area is 209 Å². The van der Waals surface area contributed by atoms with Crippen molar-refractivity contribution in [3.05, 3.63) is 88.8 Å². The molecule has 0 aliphatic rings. The quantitative estimate of drug-likeness (QED) is 0.214. The zero-order chi connectivity index (χ0) is 26.3. The number of aryl methyl sites for hydroxylation is 6. The van der Waals surface area contributed by atoms with E-state index in [1.807, 2.05) is 12.1 Å². The van der Waals surface area contributed by atoms with Crippen LogP contribution < -0.4 is 4.74 Å². The molecule has 3 aromatic carbocycles. The van der Waals surface area contributed by atoms with E-state index in [2.05, 4.69) is 71.0 Å². The van der Waals surface area contributed by atoms with E-state index >= 15 is 0 Å². The molecular formula is C27H30F2O4S2+2. The molecular weight excluding hydrogens is 490 g/mol. The van der Waals surface area contributed by atoms with Crippen LogP contribution >= 0.6 is 0 Å². The van der Waals surface area contributed by atoms with Crippen LogP contribution in [0.25, 0.3) is 0 Å². The predicted molar refractivity (Wildman–Crippen MR) is 136 cm³/mol. The van der Waals surface area contributed by atoms with Gasteiger partial charge in [-0.3, -0.25) is 4.55 Å². The maximum absolute atomic E-state index is 14.1. The highest BCUT2D eigenvalue weighted by Crippen LogP contribution is 2.38. The van der Waals surface area contributed by atoms with Gasteiger partial charge in [0.2, 0.25) is 0 Å². The first-order valence-corrected chi connectivity index (χ1v) is 13.6. The molecule has 0 bridgehead atoms. The minimum absolute atomic E-state index is 0.112. The van der Waals surface area contributed by atoms with Crippen LogP contribution in [0.1, 0.15) is 33.4 Å². The Balaban J connectivity index is 2.15. The summed E-state index contributed by atoms with van der Waals surface area (Å²) < 4.78 is 64.5. The molecule has 0 radical (unpaired) electrons. The lowest BCUT2D eigenvalue weighted by atomic mass is 10.1. The summed E-state index contributed by atoms with van der Waals surface area (Å²) in [5, 5.41) is -4.55. The van der Waals surface area contributed by atoms with Crippen molar-refractivity contribution in [3.8, 4) is 5.75 Å². The number of hydrogen-bond acceptors (Lipinski definition) is 3. The zero-order valence-corrected chi connectivity index (χ0v) is 22.3. The number of ether oxygens (including phenoxy) is 1. The summed E-state index contributed by atoms with van der Waals surface area (Å²) in [5.41, 5.74) is 5.69. The monoisotopic (exact) mass is 520 g/mol. The van der Waals surface area contributed by atoms with Crippen LogP contribution in [-0.2, 0) is 21.0 Å². The molecule has 0 amide bonds. The van der Waals surface area contributed by atoms with Crippen molar-refractivity contribution in [1.82, 2.24) is 0 Å². The van der Waals surface area contributed by atoms with Crippen molar-refractivity contribution >= 4 is 21.0 Å². The fourth-order valence-corrected chi connectivity index (χ4v) is 7.10. The second-order valence-electron chi connectivity index (χ2n) is 8.98. The summed E-state index contributed by atoms with van der Waals surface area (Å²) in [6.45, 7) is 14.8. The summed E-state index contributed by atoms with van der Waals surface area (Å²) in [7, 11) is -6.16. The van der Waals surface area contributed by atoms with Crippen molar-refractivity contribution in [2.75, 3.05) is 0 Å². The third-order valence-electron chi connectivity index (χ3n) is 5.51. The molecule has 0 aliphatic heterocycles. The van der Waals surface area contributed by atoms with E-state index in [-0.39, 0.29) is 5.75 Å². The van der Waals surface area contributed by atoms with Gasteiger partial charge in [-0.15, -0.1) is 0 Å². The molecule has 0 aromatic heterocycles. The van der Waals surface area contributed by atoms with Crippen LogP contribution in [-0.4, -0.2) is 24.3 Å². The van der Waals surface area contributed by atoms with E-state index in [4.69, 9.17) is 9.29 Å². The third-order valence-corrected chi connectivity index (χ3v) is 8.58. The number of alkyl halides is 2. The molecule has 1 atom stereocenters. The number of hydrogen-bond donors (Lipinski definition) is 1. The maximum atomic E-state index is 14.1. The van der Waals surface area contributed by atoms with Gasteiger partial charge in [-0.1, -0.05) is 12.1 Å². The Kier molecular flexibility index (Phi) is 7.60. The minimum atomic E-state index is -5.68. The molecule has 0 spiro atoms. The van der Waals surface area contributed by atoms with E-state index in [9.17, 15) is 17.2 Å². The van der Waals surface area contributed by atoms with Crippen LogP contribution in [0.3, 0.4) is 0 Å². The van der Waals surface area contributed by atoms with Gasteiger partial charge in [-0.25, -0.2) is 0 Å². The fraction of sp³-hybridized carbons (Fsp3) is 0.296. The zero-order valence-electron chi connectivity index (χ0n) is 20.6. The summed E-state index contributed by atoms with van der Waals surface area (Å²) >= 11 is 0. The Hall–Kier alpha value is -2.55. The second kappa shape index (κ2) is 9.84. The SMILES string of the molecule is [CH2+]C(Oc1c(C)cc([S+](c2cc(C)cc(C)c2)c2cc(C)cc(C)c2)cc1C)C(F)(F)S(=O)(=O)O. The van der Waals surface area contributed by atoms with Crippen molar-refractivity contribution < 1.29 is 26.5 Å². The summed E-state index contributed by atoms with van der Waals surface area (Å²) in [6, 6.07) is 16.6. The number of rotatable bonds is 7. The first kappa shape index (κ1) is 27.0. The molecule has 0 aliphatic carbocycles. The van der Waals surface area contributed by atoms with Gasteiger partial charge >= 0.3 is 21.5 Å². The highest BCUT2D eigenvalue weighted by molar-refractivity contribution is 7.97. The molecule has 186 valence electrons. The third kappa shape index (κ3) is 5.82. The largest absolute Gasteiger partial charge is 0.448 e. The first-order chi connectivity index (χ1) is 16.1. The van der Waals surface area contributed by atoms with Crippen LogP contribution in [0.2, 0.25) is 0 Å². The highest BCUT2D eigenvalue weighted by Gasteiger charge is 2.56. The van der Waals surface area contributed by atoms with Gasteiger partial charge in [-0.05, 0) is 99.2 Å². The molecule has 3 rings (SSSR count). The summed E-state index contributed by atoms with van der Waals surface area (Å²) in [5.74, 6) is 0.112. The Bertz CT molecular complexity index is 1250. The van der Waals surface area contributed by atoms with E-state index in [1.54, 1.807) is 13.8 Å². The smallest absolute Gasteiger partial charge is 0.443 e. The molecule has 0 saturated heterocycles. The van der Waals surface area contributed by atoms with Crippen LogP contribution in [0.15, 0.2) is 63.2 Å². The first-order valence-electron chi connectivity index (χ1n) is 11.0. The lowest BCUT2D eigenvalue weighted by molar-refractivity contribution is -0.0114. The van der Waals surface area contributed by atoms with Gasteiger partial charge in [0.05, 0.1) is 10.9 Å². The highest BCUT2D eigenvalue weighted by atomic mass is 32.2. The summed E-state index contributed by atoms with van der Waals surface area (Å²) in [6.07, 6.45) is -2.32. The van der Waals surface area contributed by atoms with Gasteiger partial charge in [-0.2, -0.15) is 17.2 Å². The van der Waals surface area contributed by atoms with Gasteiger partial charge in [0, 0.05) is 12.1 Å². The molecule has 0 fully saturated rings. The number of benzene rings is 3. The maximum Gasteiger partial charge on any atom is 0.448 e. The molecule has 0 heterocycles. The van der Waals surface area contributed by atoms with Crippen LogP contribution in [0, 0.1) is 48.5 Å². The molecule has 0 saturated carbocycles. The second-order valence-corrected chi connectivity index (χ2v) is 12.5. The van der Waals surface area contributed by atoms with Crippen LogP contribution in [0.4, 0.5) is 8.78 Å². The topological polar surface area (TPSA) is 63.6 Å². The average molecular weight is 521 g/mol. The minimum Gasteiger partial charge on any atom is -0.443 e. The molecule has 3 aromatic rings. The molecule has 35 heavy (non-hydrogen) atoms. The van der Waals surface area contributed by atoms with Crippen molar-refractivity contribution in [2.24, 2.45) is 0 Å². The van der Waals surface area contributed by atoms with Gasteiger partial charge in [0.1, 0.15) is 12.7 Å². The molecule has 8 heteroatoms. The fourth-order valence-electron chi connectivity index (χ4n) is 4.10. The van der Waals surface area contributed by atoms with Crippen molar-refractivity contribution in [2.45, 2.75) is 67.6 Å². The number of halogens is 2. The van der Waals surface area contributed by atoms with Gasteiger partial charge in [0.15, 0.2) is 14.7 Å². The van der Waals surface area contributed by atoms with Gasteiger partial charge in [0.25, 0.3) is 0 Å². The predicted octanol–water partition coefficient (Wildman–Crippen LogP) is 6.69. The Morgan fingerprint density at radius 1 is 0.771 bits per heavy atom. The van der Waals surface area contributed by atoms with Crippen LogP contribution in [0.5, 0.6) is 5.75 Å². The lowest BCUT2D eigenvalue weighted by Crippen LogP contribution is -2.43. The summed E-state index contributed by atoms with van der Waals surface area (Å²) in [4.78, 5) is 3.24. The van der Waals surface area contributed by atoms with Gasteiger partial charge < -0.3 is 4.74 Å². The van der Waals surface area contributed by atoms with E-state index in [0.717, 1.165) is 36.9 Å². The molecule has 1 N–H and O–H groups in total. The van der Waals surface area contributed by atoms with E-state index in [1.165, 1.54) is 0 Å². The molecule has 1 unspecified atom stereocenters. The van der Waals surface area contributed by atoms with E-state index < -0.39 is 32.4 Å². The standard InChI is InChI=1S/C27H29F2O4S2/c1-16-8-17(2)11-23(10-16)34(24-12-18(3)9-19(4)13-24)25-14-20(5)26(21(6)15-25)33-22(7)27(28,29)35(30,31)32/h8-15,22H,7H2,1-6H3/q+1/p+1. The molecule has 4 nitrogen and oxygen atoms in total. The Morgan fingerprint density at radius 2 is 1.11 bits per heavy atom.